The Morgan fingerprint density at radius 3 is 2.53 bits per heavy atom. The average molecular weight is 269 g/mol. The van der Waals surface area contributed by atoms with Gasteiger partial charge in [-0.15, -0.1) is 0 Å². The smallest absolute Gasteiger partial charge is 0.312 e. The van der Waals surface area contributed by atoms with E-state index in [1.165, 1.54) is 12.1 Å². The van der Waals surface area contributed by atoms with E-state index < -0.39 is 35.3 Å². The standard InChI is InChI=1S/C13H13F2NO3/c14-8-1-2-9(10(15)5-8)13(3-4-13)7-16-11(17)6-12(18)19/h1-2,5H,3-4,6-7H2,(H,16,17)(H,18,19). The number of carbonyl (C=O) groups is 2. The largest absolute Gasteiger partial charge is 0.481 e. The molecule has 6 heteroatoms. The highest BCUT2D eigenvalue weighted by Crippen LogP contribution is 2.48. The van der Waals surface area contributed by atoms with Crippen LogP contribution in [-0.4, -0.2) is 23.5 Å². The minimum Gasteiger partial charge on any atom is -0.481 e. The second-order valence-corrected chi connectivity index (χ2v) is 4.75. The number of carboxylic acid groups (broad SMARTS) is 1. The van der Waals surface area contributed by atoms with Crippen molar-refractivity contribution < 1.29 is 23.5 Å². The van der Waals surface area contributed by atoms with Gasteiger partial charge >= 0.3 is 5.97 Å². The van der Waals surface area contributed by atoms with Crippen LogP contribution in [0, 0.1) is 11.6 Å². The fourth-order valence-corrected chi connectivity index (χ4v) is 2.08. The Hall–Kier alpha value is -1.98. The van der Waals surface area contributed by atoms with E-state index in [2.05, 4.69) is 5.32 Å². The van der Waals surface area contributed by atoms with E-state index >= 15 is 0 Å². The average Bonchev–Trinajstić information content (AvgIpc) is 3.06. The molecule has 19 heavy (non-hydrogen) atoms. The second kappa shape index (κ2) is 4.95. The summed E-state index contributed by atoms with van der Waals surface area (Å²) >= 11 is 0. The predicted octanol–water partition coefficient (Wildman–Crippen LogP) is 1.59. The summed E-state index contributed by atoms with van der Waals surface area (Å²) in [5.41, 5.74) is -0.157. The van der Waals surface area contributed by atoms with Crippen molar-refractivity contribution >= 4 is 11.9 Å². The lowest BCUT2D eigenvalue weighted by Crippen LogP contribution is -2.33. The van der Waals surface area contributed by atoms with Crippen molar-refractivity contribution in [1.82, 2.24) is 5.32 Å². The Kier molecular flexibility index (Phi) is 3.50. The maximum atomic E-state index is 13.7. The molecular weight excluding hydrogens is 256 g/mol. The molecule has 2 N–H and O–H groups in total. The Morgan fingerprint density at radius 1 is 1.32 bits per heavy atom. The first-order chi connectivity index (χ1) is 8.93. The minimum atomic E-state index is -1.21. The number of carboxylic acids is 1. The summed E-state index contributed by atoms with van der Waals surface area (Å²) in [5, 5.41) is 10.9. The summed E-state index contributed by atoms with van der Waals surface area (Å²) in [6, 6.07) is 3.37. The molecular formula is C13H13F2NO3. The third-order valence-corrected chi connectivity index (χ3v) is 3.29. The third kappa shape index (κ3) is 3.07. The molecule has 0 aliphatic heterocycles. The first-order valence-electron chi connectivity index (χ1n) is 5.87. The van der Waals surface area contributed by atoms with E-state index in [-0.39, 0.29) is 6.54 Å². The molecule has 1 aromatic rings. The number of hydrogen-bond donors (Lipinski definition) is 2. The SMILES string of the molecule is O=C(O)CC(=O)NCC1(c2ccc(F)cc2F)CC1. The zero-order chi connectivity index (χ0) is 14.0. The number of rotatable bonds is 5. The highest BCUT2D eigenvalue weighted by atomic mass is 19.1. The van der Waals surface area contributed by atoms with Gasteiger partial charge in [-0.3, -0.25) is 9.59 Å². The normalized spacial score (nSPS) is 15.9. The van der Waals surface area contributed by atoms with Crippen LogP contribution < -0.4 is 5.32 Å². The molecule has 1 aromatic carbocycles. The van der Waals surface area contributed by atoms with Gasteiger partial charge in [-0.05, 0) is 24.5 Å². The fraction of sp³-hybridized carbons (Fsp3) is 0.385. The number of hydrogen-bond acceptors (Lipinski definition) is 2. The van der Waals surface area contributed by atoms with Crippen molar-refractivity contribution in [2.24, 2.45) is 0 Å². The molecule has 0 spiro atoms. The van der Waals surface area contributed by atoms with Crippen molar-refractivity contribution in [3.63, 3.8) is 0 Å². The fourth-order valence-electron chi connectivity index (χ4n) is 2.08. The summed E-state index contributed by atoms with van der Waals surface area (Å²) in [4.78, 5) is 21.6. The van der Waals surface area contributed by atoms with Crippen LogP contribution >= 0.6 is 0 Å². The van der Waals surface area contributed by atoms with Crippen LogP contribution in [0.2, 0.25) is 0 Å². The first-order valence-corrected chi connectivity index (χ1v) is 5.87. The molecule has 1 fully saturated rings. The van der Waals surface area contributed by atoms with Crippen LogP contribution in [0.4, 0.5) is 8.78 Å². The molecule has 1 aliphatic rings. The number of nitrogens with one attached hydrogen (secondary N) is 1. The van der Waals surface area contributed by atoms with Crippen LogP contribution in [0.15, 0.2) is 18.2 Å². The quantitative estimate of drug-likeness (QED) is 0.798. The van der Waals surface area contributed by atoms with Crippen molar-refractivity contribution in [2.75, 3.05) is 6.54 Å². The van der Waals surface area contributed by atoms with E-state index in [1.54, 1.807) is 0 Å². The van der Waals surface area contributed by atoms with Gasteiger partial charge in [0.25, 0.3) is 0 Å². The number of aliphatic carboxylic acids is 1. The van der Waals surface area contributed by atoms with E-state index in [0.29, 0.717) is 18.4 Å². The zero-order valence-electron chi connectivity index (χ0n) is 10.1. The van der Waals surface area contributed by atoms with Gasteiger partial charge in [-0.2, -0.15) is 0 Å². The molecule has 1 amide bonds. The van der Waals surface area contributed by atoms with Crippen molar-refractivity contribution in [2.45, 2.75) is 24.7 Å². The molecule has 1 saturated carbocycles. The Bertz CT molecular complexity index is 527. The third-order valence-electron chi connectivity index (χ3n) is 3.29. The van der Waals surface area contributed by atoms with Crippen molar-refractivity contribution in [3.8, 4) is 0 Å². The van der Waals surface area contributed by atoms with Crippen LogP contribution in [-0.2, 0) is 15.0 Å². The summed E-state index contributed by atoms with van der Waals surface area (Å²) in [5.74, 6) is -3.10. The molecule has 0 bridgehead atoms. The van der Waals surface area contributed by atoms with Gasteiger partial charge in [0.2, 0.25) is 5.91 Å². The molecule has 0 aromatic heterocycles. The van der Waals surface area contributed by atoms with Crippen molar-refractivity contribution in [1.29, 1.82) is 0 Å². The van der Waals surface area contributed by atoms with Crippen LogP contribution in [0.3, 0.4) is 0 Å². The summed E-state index contributed by atoms with van der Waals surface area (Å²) in [6.07, 6.45) is 0.758. The Labute approximate surface area is 108 Å². The highest BCUT2D eigenvalue weighted by molar-refractivity contribution is 5.93. The maximum Gasteiger partial charge on any atom is 0.312 e. The molecule has 4 nitrogen and oxygen atoms in total. The summed E-state index contributed by atoms with van der Waals surface area (Å²) < 4.78 is 26.5. The number of halogens is 2. The van der Waals surface area contributed by atoms with Gasteiger partial charge in [0.05, 0.1) is 0 Å². The van der Waals surface area contributed by atoms with Gasteiger partial charge in [-0.25, -0.2) is 8.78 Å². The maximum absolute atomic E-state index is 13.7. The van der Waals surface area contributed by atoms with E-state index in [4.69, 9.17) is 5.11 Å². The highest BCUT2D eigenvalue weighted by Gasteiger charge is 2.46. The predicted molar refractivity (Wildman–Crippen MR) is 62.5 cm³/mol. The summed E-state index contributed by atoms with van der Waals surface area (Å²) in [7, 11) is 0. The summed E-state index contributed by atoms with van der Waals surface area (Å²) in [6.45, 7) is 0.168. The molecule has 1 aliphatic carbocycles. The van der Waals surface area contributed by atoms with Gasteiger partial charge in [0, 0.05) is 18.0 Å². The number of amides is 1. The topological polar surface area (TPSA) is 66.4 Å². The zero-order valence-corrected chi connectivity index (χ0v) is 10.1. The van der Waals surface area contributed by atoms with Crippen molar-refractivity contribution in [3.05, 3.63) is 35.4 Å². The minimum absolute atomic E-state index is 0.168. The molecule has 0 radical (unpaired) electrons. The van der Waals surface area contributed by atoms with Gasteiger partial charge in [0.15, 0.2) is 0 Å². The molecule has 0 atom stereocenters. The Balaban J connectivity index is 2.03. The monoisotopic (exact) mass is 269 g/mol. The molecule has 0 saturated heterocycles. The van der Waals surface area contributed by atoms with E-state index in [1.807, 2.05) is 0 Å². The Morgan fingerprint density at radius 2 is 2.00 bits per heavy atom. The van der Waals surface area contributed by atoms with E-state index in [9.17, 15) is 18.4 Å². The first kappa shape index (κ1) is 13.5. The number of carbonyl (C=O) groups excluding carboxylic acids is 1. The lowest BCUT2D eigenvalue weighted by atomic mass is 9.95. The molecule has 102 valence electrons. The number of benzene rings is 1. The lowest BCUT2D eigenvalue weighted by molar-refractivity contribution is -0.140. The van der Waals surface area contributed by atoms with E-state index in [0.717, 1.165) is 6.07 Å². The lowest BCUT2D eigenvalue weighted by Gasteiger charge is -2.17. The van der Waals surface area contributed by atoms with Crippen LogP contribution in [0.25, 0.3) is 0 Å². The van der Waals surface area contributed by atoms with Gasteiger partial charge < -0.3 is 10.4 Å². The van der Waals surface area contributed by atoms with Crippen LogP contribution in [0.1, 0.15) is 24.8 Å². The van der Waals surface area contributed by atoms with Crippen LogP contribution in [0.5, 0.6) is 0 Å². The van der Waals surface area contributed by atoms with Gasteiger partial charge in [0.1, 0.15) is 18.1 Å². The molecule has 2 rings (SSSR count). The molecule has 0 heterocycles. The van der Waals surface area contributed by atoms with Gasteiger partial charge in [-0.1, -0.05) is 6.07 Å². The second-order valence-electron chi connectivity index (χ2n) is 4.75. The molecule has 0 unspecified atom stereocenters.